The number of H-pyrrole nitrogens is 1. The molecule has 2 aromatic carbocycles. The number of nitrogens with zero attached hydrogens (tertiary/aromatic N) is 4. The molecular formula is C25H26N6O. The van der Waals surface area contributed by atoms with Crippen LogP contribution in [-0.4, -0.2) is 33.2 Å². The van der Waals surface area contributed by atoms with Crippen LogP contribution in [0.25, 0.3) is 21.8 Å². The fourth-order valence-corrected chi connectivity index (χ4v) is 4.26. The zero-order chi connectivity index (χ0) is 22.2. The van der Waals surface area contributed by atoms with Crippen LogP contribution in [-0.2, 0) is 13.5 Å². The van der Waals surface area contributed by atoms with Gasteiger partial charge >= 0.3 is 0 Å². The number of aryl methyl sites for hydroxylation is 2. The van der Waals surface area contributed by atoms with Gasteiger partial charge in [-0.25, -0.2) is 4.98 Å². The predicted molar refractivity (Wildman–Crippen MR) is 130 cm³/mol. The third-order valence-electron chi connectivity index (χ3n) is 6.08. The lowest BCUT2D eigenvalue weighted by molar-refractivity contribution is 0.415. The highest BCUT2D eigenvalue weighted by atomic mass is 16.5. The van der Waals surface area contributed by atoms with E-state index in [0.717, 1.165) is 28.8 Å². The van der Waals surface area contributed by atoms with Crippen LogP contribution in [0.4, 0.5) is 17.5 Å². The van der Waals surface area contributed by atoms with Crippen LogP contribution in [0.15, 0.2) is 60.9 Å². The molecule has 3 N–H and O–H groups in total. The smallest absolute Gasteiger partial charge is 0.231 e. The van der Waals surface area contributed by atoms with E-state index in [1.165, 1.54) is 22.2 Å². The van der Waals surface area contributed by atoms with Crippen molar-refractivity contribution in [2.75, 3.05) is 24.3 Å². The van der Waals surface area contributed by atoms with Gasteiger partial charge in [-0.15, -0.1) is 0 Å². The number of nitrogens with one attached hydrogen (secondary N) is 1. The van der Waals surface area contributed by atoms with Crippen molar-refractivity contribution in [1.82, 2.24) is 19.5 Å². The molecule has 0 aliphatic rings. The van der Waals surface area contributed by atoms with Gasteiger partial charge in [-0.3, -0.25) is 0 Å². The molecule has 0 radical (unpaired) electrons. The Hall–Kier alpha value is -4.00. The summed E-state index contributed by atoms with van der Waals surface area (Å²) in [4.78, 5) is 14.6. The van der Waals surface area contributed by atoms with Crippen molar-refractivity contribution in [3.05, 3.63) is 72.2 Å². The van der Waals surface area contributed by atoms with Crippen LogP contribution in [0.5, 0.6) is 5.75 Å². The number of anilines is 3. The number of fused-ring (bicyclic) bond motifs is 2. The van der Waals surface area contributed by atoms with E-state index < -0.39 is 0 Å². The Balaban J connectivity index is 1.57. The molecule has 0 spiro atoms. The molecule has 3 heterocycles. The maximum absolute atomic E-state index is 6.01. The lowest BCUT2D eigenvalue weighted by Gasteiger charge is -2.24. The molecule has 7 heteroatoms. The molecule has 0 unspecified atom stereocenters. The number of hydrogen-bond donors (Lipinski definition) is 2. The second-order valence-electron chi connectivity index (χ2n) is 7.96. The third-order valence-corrected chi connectivity index (χ3v) is 6.08. The van der Waals surface area contributed by atoms with Crippen molar-refractivity contribution in [3.8, 4) is 5.75 Å². The molecule has 0 amide bonds. The predicted octanol–water partition coefficient (Wildman–Crippen LogP) is 4.73. The molecule has 3 aromatic heterocycles. The number of aromatic nitrogens is 4. The molecular weight excluding hydrogens is 400 g/mol. The highest BCUT2D eigenvalue weighted by molar-refractivity contribution is 5.95. The van der Waals surface area contributed by atoms with Gasteiger partial charge in [-0.2, -0.15) is 4.98 Å². The highest BCUT2D eigenvalue weighted by Gasteiger charge is 2.18. The van der Waals surface area contributed by atoms with Crippen LogP contribution >= 0.6 is 0 Å². The summed E-state index contributed by atoms with van der Waals surface area (Å²) in [5, 5.41) is 2.32. The molecule has 0 saturated carbocycles. The Morgan fingerprint density at radius 3 is 2.81 bits per heavy atom. The highest BCUT2D eigenvalue weighted by Crippen LogP contribution is 2.33. The van der Waals surface area contributed by atoms with Crippen molar-refractivity contribution < 1.29 is 4.74 Å². The molecule has 0 aliphatic heterocycles. The Morgan fingerprint density at radius 2 is 2.00 bits per heavy atom. The van der Waals surface area contributed by atoms with Crippen LogP contribution in [0.2, 0.25) is 0 Å². The molecule has 5 rings (SSSR count). The van der Waals surface area contributed by atoms with Gasteiger partial charge in [-0.1, -0.05) is 6.07 Å². The first-order chi connectivity index (χ1) is 15.5. The second-order valence-corrected chi connectivity index (χ2v) is 7.96. The van der Waals surface area contributed by atoms with E-state index in [1.807, 2.05) is 12.1 Å². The minimum Gasteiger partial charge on any atom is -0.497 e. The monoisotopic (exact) mass is 426 g/mol. The van der Waals surface area contributed by atoms with E-state index in [2.05, 4.69) is 74.9 Å². The van der Waals surface area contributed by atoms with Gasteiger partial charge in [0.25, 0.3) is 0 Å². The number of benzene rings is 2. The number of nitrogens with two attached hydrogens (primary N) is 1. The minimum absolute atomic E-state index is 0.452. The topological polar surface area (TPSA) is 85.0 Å². The summed E-state index contributed by atoms with van der Waals surface area (Å²) in [7, 11) is 3.77. The average Bonchev–Trinajstić information content (AvgIpc) is 3.34. The Morgan fingerprint density at radius 1 is 1.12 bits per heavy atom. The molecule has 32 heavy (non-hydrogen) atoms. The molecule has 162 valence electrons. The number of rotatable bonds is 6. The van der Waals surface area contributed by atoms with Crippen molar-refractivity contribution in [2.24, 2.45) is 7.05 Å². The Labute approximate surface area is 186 Å². The molecule has 0 aliphatic carbocycles. The van der Waals surface area contributed by atoms with Crippen LogP contribution in [0.1, 0.15) is 11.3 Å². The summed E-state index contributed by atoms with van der Waals surface area (Å²) in [6.07, 6.45) is 4.57. The first kappa shape index (κ1) is 19.9. The molecule has 0 saturated heterocycles. The largest absolute Gasteiger partial charge is 0.497 e. The fourth-order valence-electron chi connectivity index (χ4n) is 4.26. The Kier molecular flexibility index (Phi) is 4.93. The first-order valence-corrected chi connectivity index (χ1v) is 10.6. The molecule has 0 fully saturated rings. The van der Waals surface area contributed by atoms with E-state index in [0.29, 0.717) is 18.3 Å². The maximum Gasteiger partial charge on any atom is 0.231 e. The molecule has 5 aromatic rings. The van der Waals surface area contributed by atoms with Gasteiger partial charge in [0, 0.05) is 48.0 Å². The normalized spacial score (nSPS) is 11.3. The van der Waals surface area contributed by atoms with Gasteiger partial charge in [-0.05, 0) is 61.4 Å². The summed E-state index contributed by atoms with van der Waals surface area (Å²) >= 11 is 0. The van der Waals surface area contributed by atoms with Gasteiger partial charge in [0.2, 0.25) is 5.95 Å². The number of methoxy groups -OCH3 is 1. The Bertz CT molecular complexity index is 1420. The van der Waals surface area contributed by atoms with Crippen LogP contribution in [0.3, 0.4) is 0 Å². The van der Waals surface area contributed by atoms with Crippen molar-refractivity contribution in [1.29, 1.82) is 0 Å². The third kappa shape index (κ3) is 3.41. The first-order valence-electron chi connectivity index (χ1n) is 10.6. The van der Waals surface area contributed by atoms with Crippen molar-refractivity contribution in [3.63, 3.8) is 0 Å². The van der Waals surface area contributed by atoms with E-state index in [9.17, 15) is 0 Å². The SMILES string of the molecule is COc1ccc2[nH]cc(CCN(c3nccc(N)n3)c3cccc4c3cc(C)n4C)c2c1. The summed E-state index contributed by atoms with van der Waals surface area (Å²) in [5.74, 6) is 1.89. The van der Waals surface area contributed by atoms with Gasteiger partial charge in [0.15, 0.2) is 0 Å². The van der Waals surface area contributed by atoms with E-state index in [1.54, 1.807) is 19.4 Å². The summed E-state index contributed by atoms with van der Waals surface area (Å²) < 4.78 is 7.62. The summed E-state index contributed by atoms with van der Waals surface area (Å²) in [5.41, 5.74) is 11.7. The summed E-state index contributed by atoms with van der Waals surface area (Å²) in [6, 6.07) is 16.3. The van der Waals surface area contributed by atoms with Gasteiger partial charge < -0.3 is 24.9 Å². The zero-order valence-electron chi connectivity index (χ0n) is 18.5. The van der Waals surface area contributed by atoms with Crippen LogP contribution in [0, 0.1) is 6.92 Å². The fraction of sp³-hybridized carbons (Fsp3) is 0.200. The van der Waals surface area contributed by atoms with Crippen molar-refractivity contribution in [2.45, 2.75) is 13.3 Å². The number of hydrogen-bond acceptors (Lipinski definition) is 5. The van der Waals surface area contributed by atoms with E-state index in [4.69, 9.17) is 10.5 Å². The molecule has 0 atom stereocenters. The zero-order valence-corrected chi connectivity index (χ0v) is 18.5. The average molecular weight is 427 g/mol. The van der Waals surface area contributed by atoms with E-state index >= 15 is 0 Å². The number of ether oxygens (including phenoxy) is 1. The summed E-state index contributed by atoms with van der Waals surface area (Å²) in [6.45, 7) is 2.81. The lowest BCUT2D eigenvalue weighted by Crippen LogP contribution is -2.23. The van der Waals surface area contributed by atoms with Gasteiger partial charge in [0.05, 0.1) is 18.3 Å². The quantitative estimate of drug-likeness (QED) is 0.410. The number of nitrogen functional groups attached to an aromatic ring is 1. The molecule has 7 nitrogen and oxygen atoms in total. The lowest BCUT2D eigenvalue weighted by atomic mass is 10.1. The number of aromatic amines is 1. The second kappa shape index (κ2) is 7.92. The van der Waals surface area contributed by atoms with E-state index in [-0.39, 0.29) is 0 Å². The van der Waals surface area contributed by atoms with Gasteiger partial charge in [0.1, 0.15) is 11.6 Å². The minimum atomic E-state index is 0.452. The molecule has 0 bridgehead atoms. The maximum atomic E-state index is 6.01. The van der Waals surface area contributed by atoms with Crippen LogP contribution < -0.4 is 15.4 Å². The van der Waals surface area contributed by atoms with Crippen molar-refractivity contribution >= 4 is 39.3 Å². The standard InChI is InChI=1S/C25H26N6O/c1-16-13-20-22(30(16)2)5-4-6-23(20)31(25-27-11-9-24(26)29-25)12-10-17-15-28-21-8-7-18(32-3)14-19(17)21/h4-9,11,13-15,28H,10,12H2,1-3H3,(H2,26,27,29).